The molecule has 0 fully saturated rings. The highest BCUT2D eigenvalue weighted by molar-refractivity contribution is 5.80. The average Bonchev–Trinajstić information content (AvgIpc) is 3.00. The van der Waals surface area contributed by atoms with Gasteiger partial charge in [-0.2, -0.15) is 5.26 Å². The maximum atomic E-state index is 10.8. The number of nitrogens with zero attached hydrogens (tertiary/aromatic N) is 3. The minimum Gasteiger partial charge on any atom is -0.506 e. The van der Waals surface area contributed by atoms with Crippen LogP contribution >= 0.6 is 0 Å². The molecule has 2 aromatic carbocycles. The van der Waals surface area contributed by atoms with E-state index in [0.717, 1.165) is 6.07 Å². The van der Waals surface area contributed by atoms with E-state index in [1.165, 1.54) is 18.3 Å². The van der Waals surface area contributed by atoms with Gasteiger partial charge in [0.05, 0.1) is 10.6 Å². The molecule has 0 atom stereocenters. The summed E-state index contributed by atoms with van der Waals surface area (Å²) in [6, 6.07) is 12.5. The molecule has 0 aliphatic carbocycles. The van der Waals surface area contributed by atoms with Crippen molar-refractivity contribution in [3.05, 3.63) is 64.7 Å². The summed E-state index contributed by atoms with van der Waals surface area (Å²) in [7, 11) is 0. The molecule has 0 spiro atoms. The fraction of sp³-hybridized carbons (Fsp3) is 0. The highest BCUT2D eigenvalue weighted by Crippen LogP contribution is 2.28. The third kappa shape index (κ3) is 2.86. The molecule has 24 heavy (non-hydrogen) atoms. The molecule has 0 radical (unpaired) electrons. The van der Waals surface area contributed by atoms with Gasteiger partial charge in [-0.15, -0.1) is 0 Å². The molecule has 0 amide bonds. The van der Waals surface area contributed by atoms with Gasteiger partial charge in [0.1, 0.15) is 22.9 Å². The summed E-state index contributed by atoms with van der Waals surface area (Å²) in [6.45, 7) is 0. The molecule has 0 aliphatic rings. The number of nitriles is 1. The Kier molecular flexibility index (Phi) is 3.82. The zero-order valence-electron chi connectivity index (χ0n) is 12.1. The summed E-state index contributed by atoms with van der Waals surface area (Å²) in [4.78, 5) is 14.4. The standard InChI is InChI=1S/C16H10N4O4/c17-8-10(16-19-12-3-1-2-4-15(12)24-16)9-18-13-7-11(20(22)23)5-6-14(13)21/h1-7,9,18,21H/b10-9+. The van der Waals surface area contributed by atoms with Gasteiger partial charge < -0.3 is 14.8 Å². The van der Waals surface area contributed by atoms with Gasteiger partial charge in [-0.1, -0.05) is 12.1 Å². The predicted molar refractivity (Wildman–Crippen MR) is 86.0 cm³/mol. The lowest BCUT2D eigenvalue weighted by Gasteiger charge is -2.04. The monoisotopic (exact) mass is 322 g/mol. The van der Waals surface area contributed by atoms with E-state index in [9.17, 15) is 20.5 Å². The molecule has 2 N–H and O–H groups in total. The molecule has 1 aromatic heterocycles. The van der Waals surface area contributed by atoms with E-state index in [0.29, 0.717) is 11.1 Å². The second kappa shape index (κ2) is 6.10. The number of non-ortho nitro benzene ring substituents is 1. The van der Waals surface area contributed by atoms with Gasteiger partial charge in [-0.05, 0) is 18.2 Å². The number of rotatable bonds is 4. The number of oxazole rings is 1. The van der Waals surface area contributed by atoms with E-state index in [4.69, 9.17) is 4.42 Å². The van der Waals surface area contributed by atoms with Crippen molar-refractivity contribution in [1.82, 2.24) is 4.98 Å². The maximum Gasteiger partial charge on any atom is 0.271 e. The van der Waals surface area contributed by atoms with Crippen LogP contribution in [0.15, 0.2) is 53.1 Å². The Morgan fingerprint density at radius 1 is 1.38 bits per heavy atom. The number of nitrogens with one attached hydrogen (secondary N) is 1. The minimum atomic E-state index is -0.583. The molecular formula is C16H10N4O4. The SMILES string of the molecule is N#C/C(=C\Nc1cc([N+](=O)[O-])ccc1O)c1nc2ccccc2o1. The highest BCUT2D eigenvalue weighted by atomic mass is 16.6. The predicted octanol–water partition coefficient (Wildman–Crippen LogP) is 3.42. The Labute approximate surface area is 135 Å². The number of hydrogen-bond donors (Lipinski definition) is 2. The number of aromatic nitrogens is 1. The number of fused-ring (bicyclic) bond motifs is 1. The first-order valence-electron chi connectivity index (χ1n) is 6.78. The quantitative estimate of drug-likeness (QED) is 0.326. The fourth-order valence-electron chi connectivity index (χ4n) is 2.03. The van der Waals surface area contributed by atoms with Crippen LogP contribution in [-0.2, 0) is 0 Å². The summed E-state index contributed by atoms with van der Waals surface area (Å²) in [5.74, 6) is -0.0807. The average molecular weight is 322 g/mol. The van der Waals surface area contributed by atoms with Crippen molar-refractivity contribution >= 4 is 28.0 Å². The molecule has 0 aliphatic heterocycles. The number of benzene rings is 2. The van der Waals surface area contributed by atoms with Crippen LogP contribution in [0, 0.1) is 21.4 Å². The number of phenolic OH excluding ortho intramolecular Hbond substituents is 1. The van der Waals surface area contributed by atoms with Crippen LogP contribution in [0.1, 0.15) is 5.89 Å². The zero-order valence-corrected chi connectivity index (χ0v) is 12.1. The van der Waals surface area contributed by atoms with E-state index in [1.807, 2.05) is 6.07 Å². The largest absolute Gasteiger partial charge is 0.506 e. The Bertz CT molecular complexity index is 968. The Balaban J connectivity index is 1.93. The summed E-state index contributed by atoms with van der Waals surface area (Å²) in [6.07, 6.45) is 1.27. The molecule has 8 nitrogen and oxygen atoms in total. The molecule has 118 valence electrons. The summed E-state index contributed by atoms with van der Waals surface area (Å²) in [5.41, 5.74) is 1.12. The summed E-state index contributed by atoms with van der Waals surface area (Å²) in [5, 5.41) is 32.5. The second-order valence-corrected chi connectivity index (χ2v) is 4.76. The second-order valence-electron chi connectivity index (χ2n) is 4.76. The number of allylic oxidation sites excluding steroid dienone is 1. The van der Waals surface area contributed by atoms with Crippen molar-refractivity contribution in [3.8, 4) is 11.8 Å². The van der Waals surface area contributed by atoms with Gasteiger partial charge in [0.25, 0.3) is 5.69 Å². The third-order valence-corrected chi connectivity index (χ3v) is 3.21. The Morgan fingerprint density at radius 3 is 2.88 bits per heavy atom. The lowest BCUT2D eigenvalue weighted by Crippen LogP contribution is -1.94. The van der Waals surface area contributed by atoms with Gasteiger partial charge >= 0.3 is 0 Å². The molecule has 0 bridgehead atoms. The number of aromatic hydroxyl groups is 1. The first kappa shape index (κ1) is 15.1. The molecule has 0 saturated heterocycles. The van der Waals surface area contributed by atoms with Gasteiger partial charge in [0.2, 0.25) is 5.89 Å². The van der Waals surface area contributed by atoms with Gasteiger partial charge in [0, 0.05) is 18.3 Å². The minimum absolute atomic E-state index is 0.0807. The van der Waals surface area contributed by atoms with Crippen LogP contribution in [0.25, 0.3) is 16.7 Å². The van der Waals surface area contributed by atoms with E-state index in [-0.39, 0.29) is 28.6 Å². The first-order valence-corrected chi connectivity index (χ1v) is 6.78. The van der Waals surface area contributed by atoms with Crippen LogP contribution in [0.2, 0.25) is 0 Å². The van der Waals surface area contributed by atoms with E-state index >= 15 is 0 Å². The van der Waals surface area contributed by atoms with Gasteiger partial charge in [0.15, 0.2) is 5.58 Å². The normalized spacial score (nSPS) is 11.2. The zero-order chi connectivity index (χ0) is 17.1. The molecular weight excluding hydrogens is 312 g/mol. The molecule has 8 heteroatoms. The van der Waals surface area contributed by atoms with E-state index < -0.39 is 4.92 Å². The number of para-hydroxylation sites is 2. The van der Waals surface area contributed by atoms with Crippen molar-refractivity contribution in [2.45, 2.75) is 0 Å². The number of anilines is 1. The smallest absolute Gasteiger partial charge is 0.271 e. The van der Waals surface area contributed by atoms with Crippen molar-refractivity contribution in [2.75, 3.05) is 5.32 Å². The van der Waals surface area contributed by atoms with E-state index in [2.05, 4.69) is 10.3 Å². The van der Waals surface area contributed by atoms with E-state index in [1.54, 1.807) is 24.3 Å². The van der Waals surface area contributed by atoms with Gasteiger partial charge in [-0.3, -0.25) is 10.1 Å². The van der Waals surface area contributed by atoms with Gasteiger partial charge in [-0.25, -0.2) is 4.98 Å². The van der Waals surface area contributed by atoms with Crippen LogP contribution in [-0.4, -0.2) is 15.0 Å². The molecule has 3 rings (SSSR count). The third-order valence-electron chi connectivity index (χ3n) is 3.21. The number of nitro benzene ring substituents is 1. The molecule has 1 heterocycles. The molecule has 3 aromatic rings. The topological polar surface area (TPSA) is 125 Å². The Hall–Kier alpha value is -3.86. The van der Waals surface area contributed by atoms with Crippen LogP contribution in [0.4, 0.5) is 11.4 Å². The van der Waals surface area contributed by atoms with Crippen LogP contribution in [0.5, 0.6) is 5.75 Å². The fourth-order valence-corrected chi connectivity index (χ4v) is 2.03. The number of phenols is 1. The van der Waals surface area contributed by atoms with Crippen LogP contribution < -0.4 is 5.32 Å². The summed E-state index contributed by atoms with van der Waals surface area (Å²) < 4.78 is 5.49. The summed E-state index contributed by atoms with van der Waals surface area (Å²) >= 11 is 0. The molecule has 0 unspecified atom stereocenters. The van der Waals surface area contributed by atoms with Crippen molar-refractivity contribution in [2.24, 2.45) is 0 Å². The maximum absolute atomic E-state index is 10.8. The number of nitro groups is 1. The van der Waals surface area contributed by atoms with Crippen molar-refractivity contribution in [1.29, 1.82) is 5.26 Å². The lowest BCUT2D eigenvalue weighted by molar-refractivity contribution is -0.384. The number of hydrogen-bond acceptors (Lipinski definition) is 7. The van der Waals surface area contributed by atoms with Crippen molar-refractivity contribution < 1.29 is 14.4 Å². The van der Waals surface area contributed by atoms with Crippen LogP contribution in [0.3, 0.4) is 0 Å². The molecule has 0 saturated carbocycles. The first-order chi connectivity index (χ1) is 11.6. The highest BCUT2D eigenvalue weighted by Gasteiger charge is 2.12. The Morgan fingerprint density at radius 2 is 2.17 bits per heavy atom. The van der Waals surface area contributed by atoms with Crippen molar-refractivity contribution in [3.63, 3.8) is 0 Å². The lowest BCUT2D eigenvalue weighted by atomic mass is 10.2.